The van der Waals surface area contributed by atoms with Crippen LogP contribution in [-0.2, 0) is 4.79 Å². The maximum atomic E-state index is 12.1. The van der Waals surface area contributed by atoms with Gasteiger partial charge in [-0.15, -0.1) is 0 Å². The van der Waals surface area contributed by atoms with Crippen LogP contribution >= 0.6 is 0 Å². The number of nitrogens with one attached hydrogen (secondary N) is 1. The third-order valence-corrected chi connectivity index (χ3v) is 4.75. The van der Waals surface area contributed by atoms with Crippen molar-refractivity contribution in [2.24, 2.45) is 17.8 Å². The highest BCUT2D eigenvalue weighted by Gasteiger charge is 2.57. The molecule has 0 aliphatic heterocycles. The first-order valence-electron chi connectivity index (χ1n) is 6.60. The number of rotatable bonds is 5. The minimum absolute atomic E-state index is 0.0494. The predicted molar refractivity (Wildman–Crippen MR) is 62.9 cm³/mol. The number of fused-ring (bicyclic) bond motifs is 1. The highest BCUT2D eigenvalue weighted by atomic mass is 16.3. The van der Waals surface area contributed by atoms with Crippen molar-refractivity contribution in [3.63, 3.8) is 0 Å². The normalized spacial score (nSPS) is 32.3. The quantitative estimate of drug-likeness (QED) is 0.748. The molecular weight excluding hydrogens is 202 g/mol. The van der Waals surface area contributed by atoms with Gasteiger partial charge in [-0.3, -0.25) is 4.79 Å². The Morgan fingerprint density at radius 1 is 1.31 bits per heavy atom. The van der Waals surface area contributed by atoms with Gasteiger partial charge in [0.05, 0.1) is 12.1 Å². The maximum absolute atomic E-state index is 12.1. The van der Waals surface area contributed by atoms with Crippen LogP contribution in [0.25, 0.3) is 0 Å². The van der Waals surface area contributed by atoms with Crippen LogP contribution in [0.3, 0.4) is 0 Å². The molecule has 0 bridgehead atoms. The van der Waals surface area contributed by atoms with Crippen LogP contribution in [0.2, 0.25) is 0 Å². The number of hydrogen-bond donors (Lipinski definition) is 2. The first-order valence-corrected chi connectivity index (χ1v) is 6.60. The molecule has 0 saturated heterocycles. The van der Waals surface area contributed by atoms with Crippen molar-refractivity contribution in [3.05, 3.63) is 0 Å². The summed E-state index contributed by atoms with van der Waals surface area (Å²) in [6.45, 7) is 4.09. The van der Waals surface area contributed by atoms with E-state index in [0.717, 1.165) is 12.8 Å². The molecule has 0 radical (unpaired) electrons. The van der Waals surface area contributed by atoms with E-state index in [-0.39, 0.29) is 24.0 Å². The van der Waals surface area contributed by atoms with Gasteiger partial charge in [-0.1, -0.05) is 20.3 Å². The molecule has 2 N–H and O–H groups in total. The van der Waals surface area contributed by atoms with Crippen molar-refractivity contribution < 1.29 is 9.90 Å². The van der Waals surface area contributed by atoms with Crippen molar-refractivity contribution in [2.75, 3.05) is 6.61 Å². The van der Waals surface area contributed by atoms with E-state index in [0.29, 0.717) is 11.8 Å². The molecule has 2 aliphatic carbocycles. The van der Waals surface area contributed by atoms with E-state index < -0.39 is 0 Å². The summed E-state index contributed by atoms with van der Waals surface area (Å²) in [5.74, 6) is 1.76. The second-order valence-electron chi connectivity index (χ2n) is 5.42. The fraction of sp³-hybridized carbons (Fsp3) is 0.923. The predicted octanol–water partition coefficient (Wildman–Crippen LogP) is 1.70. The lowest BCUT2D eigenvalue weighted by molar-refractivity contribution is -0.125. The Morgan fingerprint density at radius 2 is 1.88 bits per heavy atom. The standard InChI is InChI=1S/C13H23NO2/c1-3-13(4-2,8-15)14-12(16)11-9-6-5-7-10(9)11/h9-11,15H,3-8H2,1-2H3,(H,14,16). The maximum Gasteiger partial charge on any atom is 0.224 e. The first kappa shape index (κ1) is 11.9. The van der Waals surface area contributed by atoms with E-state index in [2.05, 4.69) is 5.32 Å². The molecule has 1 amide bonds. The van der Waals surface area contributed by atoms with E-state index in [4.69, 9.17) is 0 Å². The zero-order valence-corrected chi connectivity index (χ0v) is 10.3. The summed E-state index contributed by atoms with van der Waals surface area (Å²) in [5, 5.41) is 12.5. The number of carbonyl (C=O) groups excluding carboxylic acids is 1. The van der Waals surface area contributed by atoms with Gasteiger partial charge >= 0.3 is 0 Å². The minimum atomic E-state index is -0.381. The molecule has 0 aromatic carbocycles. The summed E-state index contributed by atoms with van der Waals surface area (Å²) < 4.78 is 0. The fourth-order valence-corrected chi connectivity index (χ4v) is 3.24. The van der Waals surface area contributed by atoms with Gasteiger partial charge in [0.15, 0.2) is 0 Å². The lowest BCUT2D eigenvalue weighted by atomic mass is 9.93. The summed E-state index contributed by atoms with van der Waals surface area (Å²) in [5.41, 5.74) is -0.381. The molecule has 0 spiro atoms. The molecule has 2 unspecified atom stereocenters. The van der Waals surface area contributed by atoms with Crippen molar-refractivity contribution >= 4 is 5.91 Å². The summed E-state index contributed by atoms with van der Waals surface area (Å²) in [7, 11) is 0. The van der Waals surface area contributed by atoms with E-state index in [1.807, 2.05) is 13.8 Å². The van der Waals surface area contributed by atoms with Gasteiger partial charge in [0, 0.05) is 5.92 Å². The Kier molecular flexibility index (Phi) is 3.24. The zero-order chi connectivity index (χ0) is 11.8. The number of amides is 1. The Bertz CT molecular complexity index is 255. The van der Waals surface area contributed by atoms with Crippen LogP contribution in [0.5, 0.6) is 0 Å². The van der Waals surface area contributed by atoms with Crippen LogP contribution in [0.4, 0.5) is 0 Å². The lowest BCUT2D eigenvalue weighted by Gasteiger charge is -2.31. The average molecular weight is 225 g/mol. The van der Waals surface area contributed by atoms with Gasteiger partial charge < -0.3 is 10.4 Å². The van der Waals surface area contributed by atoms with Gasteiger partial charge in [-0.05, 0) is 37.5 Å². The van der Waals surface area contributed by atoms with Crippen LogP contribution < -0.4 is 5.32 Å². The van der Waals surface area contributed by atoms with Crippen LogP contribution in [0.15, 0.2) is 0 Å². The number of aliphatic hydroxyl groups is 1. The minimum Gasteiger partial charge on any atom is -0.394 e. The zero-order valence-electron chi connectivity index (χ0n) is 10.3. The van der Waals surface area contributed by atoms with E-state index in [1.54, 1.807) is 0 Å². The molecular formula is C13H23NO2. The Balaban J connectivity index is 1.91. The molecule has 2 saturated carbocycles. The summed E-state index contributed by atoms with van der Waals surface area (Å²) >= 11 is 0. The van der Waals surface area contributed by atoms with Crippen molar-refractivity contribution in [1.29, 1.82) is 0 Å². The van der Waals surface area contributed by atoms with Gasteiger partial charge in [0.25, 0.3) is 0 Å². The Hall–Kier alpha value is -0.570. The number of hydrogen-bond acceptors (Lipinski definition) is 2. The molecule has 2 fully saturated rings. The Morgan fingerprint density at radius 3 is 2.31 bits per heavy atom. The molecule has 0 aromatic rings. The molecule has 16 heavy (non-hydrogen) atoms. The van der Waals surface area contributed by atoms with E-state index >= 15 is 0 Å². The summed E-state index contributed by atoms with van der Waals surface area (Å²) in [4.78, 5) is 12.1. The monoisotopic (exact) mass is 225 g/mol. The van der Waals surface area contributed by atoms with Crippen molar-refractivity contribution in [3.8, 4) is 0 Å². The van der Waals surface area contributed by atoms with E-state index in [9.17, 15) is 9.90 Å². The molecule has 0 heterocycles. The highest BCUT2D eigenvalue weighted by molar-refractivity contribution is 5.83. The largest absolute Gasteiger partial charge is 0.394 e. The number of aliphatic hydroxyl groups excluding tert-OH is 1. The molecule has 92 valence electrons. The SMILES string of the molecule is CCC(CC)(CO)NC(=O)C1C2CCCC21. The number of carbonyl (C=O) groups is 1. The van der Waals surface area contributed by atoms with Crippen LogP contribution in [0.1, 0.15) is 46.0 Å². The summed E-state index contributed by atoms with van der Waals surface area (Å²) in [6, 6.07) is 0. The smallest absolute Gasteiger partial charge is 0.224 e. The van der Waals surface area contributed by atoms with Crippen LogP contribution in [-0.4, -0.2) is 23.2 Å². The van der Waals surface area contributed by atoms with E-state index in [1.165, 1.54) is 19.3 Å². The van der Waals surface area contributed by atoms with Crippen LogP contribution in [0, 0.1) is 17.8 Å². The van der Waals surface area contributed by atoms with Gasteiger partial charge in [0.1, 0.15) is 0 Å². The second-order valence-corrected chi connectivity index (χ2v) is 5.42. The molecule has 2 atom stereocenters. The Labute approximate surface area is 97.6 Å². The lowest BCUT2D eigenvalue weighted by Crippen LogP contribution is -2.51. The van der Waals surface area contributed by atoms with Gasteiger partial charge in [0.2, 0.25) is 5.91 Å². The third-order valence-electron chi connectivity index (χ3n) is 4.75. The fourth-order valence-electron chi connectivity index (χ4n) is 3.24. The average Bonchev–Trinajstić information content (AvgIpc) is 2.81. The van der Waals surface area contributed by atoms with Crippen molar-refractivity contribution in [1.82, 2.24) is 5.32 Å². The van der Waals surface area contributed by atoms with Gasteiger partial charge in [-0.25, -0.2) is 0 Å². The molecule has 3 heteroatoms. The topological polar surface area (TPSA) is 49.3 Å². The highest BCUT2D eigenvalue weighted by Crippen LogP contribution is 2.57. The third kappa shape index (κ3) is 1.86. The molecule has 0 aromatic heterocycles. The second kappa shape index (κ2) is 4.36. The molecule has 3 nitrogen and oxygen atoms in total. The summed E-state index contributed by atoms with van der Waals surface area (Å²) in [6.07, 6.45) is 5.35. The van der Waals surface area contributed by atoms with Crippen molar-refractivity contribution in [2.45, 2.75) is 51.5 Å². The molecule has 2 aliphatic rings. The molecule has 2 rings (SSSR count). The van der Waals surface area contributed by atoms with Gasteiger partial charge in [-0.2, -0.15) is 0 Å². The first-order chi connectivity index (χ1) is 7.67.